The van der Waals surface area contributed by atoms with Crippen molar-refractivity contribution in [3.05, 3.63) is 53.2 Å². The summed E-state index contributed by atoms with van der Waals surface area (Å²) < 4.78 is 0. The summed E-state index contributed by atoms with van der Waals surface area (Å²) in [5.74, 6) is -1.22. The van der Waals surface area contributed by atoms with E-state index in [9.17, 15) is 14.9 Å². The van der Waals surface area contributed by atoms with Gasteiger partial charge in [-0.15, -0.1) is 0 Å². The fraction of sp³-hybridized carbons (Fsp3) is 0.333. The van der Waals surface area contributed by atoms with Crippen LogP contribution >= 0.6 is 11.8 Å². The van der Waals surface area contributed by atoms with E-state index in [-0.39, 0.29) is 11.5 Å². The van der Waals surface area contributed by atoms with Crippen molar-refractivity contribution in [1.82, 2.24) is 4.98 Å². The summed E-state index contributed by atoms with van der Waals surface area (Å²) in [5, 5.41) is 21.3. The predicted molar refractivity (Wildman–Crippen MR) is 110 cm³/mol. The lowest BCUT2D eigenvalue weighted by Crippen LogP contribution is -2.24. The molecule has 6 nitrogen and oxygen atoms in total. The maximum absolute atomic E-state index is 12.7. The number of aryl methyl sites for hydroxylation is 1. The Labute approximate surface area is 169 Å². The van der Waals surface area contributed by atoms with Gasteiger partial charge in [0.1, 0.15) is 11.1 Å². The maximum Gasteiger partial charge on any atom is 0.335 e. The van der Waals surface area contributed by atoms with E-state index in [1.807, 2.05) is 13.0 Å². The third-order valence-electron chi connectivity index (χ3n) is 4.14. The molecule has 1 aromatic carbocycles. The predicted octanol–water partition coefficient (Wildman–Crippen LogP) is 4.50. The van der Waals surface area contributed by atoms with Crippen LogP contribution in [0.15, 0.2) is 41.4 Å². The van der Waals surface area contributed by atoms with E-state index in [4.69, 9.17) is 5.11 Å². The Kier molecular flexibility index (Phi) is 8.02. The lowest BCUT2D eigenvalue weighted by Gasteiger charge is -2.15. The summed E-state index contributed by atoms with van der Waals surface area (Å²) in [7, 11) is 0. The van der Waals surface area contributed by atoms with E-state index in [1.165, 1.54) is 23.9 Å². The van der Waals surface area contributed by atoms with E-state index < -0.39 is 11.2 Å². The highest BCUT2D eigenvalue weighted by atomic mass is 32.2. The molecule has 0 saturated heterocycles. The van der Waals surface area contributed by atoms with Crippen LogP contribution in [0.25, 0.3) is 0 Å². The molecule has 0 aliphatic heterocycles. The number of rotatable bonds is 9. The van der Waals surface area contributed by atoms with Gasteiger partial charge in [0, 0.05) is 11.4 Å². The SMILES string of the molecule is CCCCc1ccc(C#N)c(SC(CC)C(=O)Nc2ccc(C(=O)O)cc2)n1. The maximum atomic E-state index is 12.7. The van der Waals surface area contributed by atoms with Crippen LogP contribution in [-0.4, -0.2) is 27.2 Å². The Morgan fingerprint density at radius 2 is 1.93 bits per heavy atom. The number of pyridine rings is 1. The van der Waals surface area contributed by atoms with Gasteiger partial charge in [-0.2, -0.15) is 5.26 Å². The number of nitriles is 1. The van der Waals surface area contributed by atoms with Crippen LogP contribution in [-0.2, 0) is 11.2 Å². The van der Waals surface area contributed by atoms with Crippen LogP contribution in [0.5, 0.6) is 0 Å². The van der Waals surface area contributed by atoms with Gasteiger partial charge in [0.2, 0.25) is 5.91 Å². The summed E-state index contributed by atoms with van der Waals surface area (Å²) in [4.78, 5) is 28.2. The molecule has 28 heavy (non-hydrogen) atoms. The molecule has 1 unspecified atom stereocenters. The van der Waals surface area contributed by atoms with E-state index in [2.05, 4.69) is 23.3 Å². The molecule has 0 bridgehead atoms. The third-order valence-corrected chi connectivity index (χ3v) is 5.51. The van der Waals surface area contributed by atoms with Crippen molar-refractivity contribution in [2.24, 2.45) is 0 Å². The van der Waals surface area contributed by atoms with Gasteiger partial charge in [-0.1, -0.05) is 32.0 Å². The molecule has 1 amide bonds. The number of unbranched alkanes of at least 4 members (excludes halogenated alkanes) is 1. The monoisotopic (exact) mass is 397 g/mol. The number of carbonyl (C=O) groups excluding carboxylic acids is 1. The molecule has 1 heterocycles. The zero-order valence-corrected chi connectivity index (χ0v) is 16.8. The number of hydrogen-bond donors (Lipinski definition) is 2. The van der Waals surface area contributed by atoms with Crippen LogP contribution in [0, 0.1) is 11.3 Å². The first-order valence-corrected chi connectivity index (χ1v) is 10.1. The first kappa shape index (κ1) is 21.5. The Hall–Kier alpha value is -2.85. The molecule has 2 aromatic rings. The van der Waals surface area contributed by atoms with Gasteiger partial charge in [-0.05, 0) is 55.7 Å². The summed E-state index contributed by atoms with van der Waals surface area (Å²) in [5.41, 5.74) is 2.07. The highest BCUT2D eigenvalue weighted by Gasteiger charge is 2.21. The molecule has 0 radical (unpaired) electrons. The lowest BCUT2D eigenvalue weighted by molar-refractivity contribution is -0.115. The van der Waals surface area contributed by atoms with Gasteiger partial charge in [-0.3, -0.25) is 4.79 Å². The number of carboxylic acids is 1. The third kappa shape index (κ3) is 5.83. The van der Waals surface area contributed by atoms with E-state index in [1.54, 1.807) is 18.2 Å². The number of aromatic nitrogens is 1. The molecule has 0 saturated carbocycles. The zero-order valence-electron chi connectivity index (χ0n) is 15.9. The van der Waals surface area contributed by atoms with Crippen molar-refractivity contribution in [3.63, 3.8) is 0 Å². The molecule has 2 rings (SSSR count). The minimum absolute atomic E-state index is 0.158. The number of nitrogens with one attached hydrogen (secondary N) is 1. The molecular weight excluding hydrogens is 374 g/mol. The lowest BCUT2D eigenvalue weighted by atomic mass is 10.2. The molecule has 0 spiro atoms. The molecule has 0 aliphatic carbocycles. The topological polar surface area (TPSA) is 103 Å². The largest absolute Gasteiger partial charge is 0.478 e. The average molecular weight is 398 g/mol. The van der Waals surface area contributed by atoms with Crippen molar-refractivity contribution < 1.29 is 14.7 Å². The Balaban J connectivity index is 2.13. The summed E-state index contributed by atoms with van der Waals surface area (Å²) in [6.07, 6.45) is 3.49. The van der Waals surface area contributed by atoms with Crippen LogP contribution < -0.4 is 5.32 Å². The fourth-order valence-corrected chi connectivity index (χ4v) is 3.54. The summed E-state index contributed by atoms with van der Waals surface area (Å²) >= 11 is 1.28. The minimum Gasteiger partial charge on any atom is -0.478 e. The van der Waals surface area contributed by atoms with Crippen molar-refractivity contribution >= 4 is 29.3 Å². The zero-order chi connectivity index (χ0) is 20.5. The first-order chi connectivity index (χ1) is 13.5. The molecule has 0 aliphatic rings. The van der Waals surface area contributed by atoms with Gasteiger partial charge in [0.25, 0.3) is 0 Å². The van der Waals surface area contributed by atoms with Crippen molar-refractivity contribution in [3.8, 4) is 6.07 Å². The Morgan fingerprint density at radius 1 is 1.21 bits per heavy atom. The molecule has 2 N–H and O–H groups in total. The second-order valence-electron chi connectivity index (χ2n) is 6.26. The number of anilines is 1. The normalized spacial score (nSPS) is 11.5. The van der Waals surface area contributed by atoms with E-state index >= 15 is 0 Å². The van der Waals surface area contributed by atoms with Crippen LogP contribution in [0.1, 0.15) is 54.7 Å². The Bertz CT molecular complexity index is 875. The number of thioether (sulfide) groups is 1. The molecule has 1 aromatic heterocycles. The van der Waals surface area contributed by atoms with Crippen LogP contribution in [0.2, 0.25) is 0 Å². The van der Waals surface area contributed by atoms with Crippen molar-refractivity contribution in [2.45, 2.75) is 49.8 Å². The smallest absolute Gasteiger partial charge is 0.335 e. The second-order valence-corrected chi connectivity index (χ2v) is 7.45. The molecule has 7 heteroatoms. The standard InChI is InChI=1S/C21H23N3O3S/c1-3-5-6-16-12-9-15(13-22)20(24-16)28-18(4-2)19(25)23-17-10-7-14(8-11-17)21(26)27/h7-12,18H,3-6H2,1-2H3,(H,23,25)(H,26,27). The van der Waals surface area contributed by atoms with Gasteiger partial charge >= 0.3 is 5.97 Å². The highest BCUT2D eigenvalue weighted by molar-refractivity contribution is 8.00. The molecule has 1 atom stereocenters. The molecule has 0 fully saturated rings. The quantitative estimate of drug-likeness (QED) is 0.604. The molecular formula is C21H23N3O3S. The number of benzene rings is 1. The van der Waals surface area contributed by atoms with Crippen molar-refractivity contribution in [2.75, 3.05) is 5.32 Å². The summed E-state index contributed by atoms with van der Waals surface area (Å²) in [6.45, 7) is 4.01. The number of nitrogens with zero attached hydrogens (tertiary/aromatic N) is 2. The number of amides is 1. The van der Waals surface area contributed by atoms with E-state index in [0.717, 1.165) is 25.0 Å². The second kappa shape index (κ2) is 10.5. The van der Waals surface area contributed by atoms with Gasteiger partial charge in [-0.25, -0.2) is 9.78 Å². The number of hydrogen-bond acceptors (Lipinski definition) is 5. The van der Waals surface area contributed by atoms with E-state index in [0.29, 0.717) is 22.7 Å². The number of carboxylic acid groups (broad SMARTS) is 1. The van der Waals surface area contributed by atoms with Crippen molar-refractivity contribution in [1.29, 1.82) is 5.26 Å². The summed E-state index contributed by atoms with van der Waals surface area (Å²) in [6, 6.07) is 11.8. The molecule has 146 valence electrons. The fourth-order valence-electron chi connectivity index (χ4n) is 2.53. The Morgan fingerprint density at radius 3 is 2.50 bits per heavy atom. The van der Waals surface area contributed by atoms with Gasteiger partial charge in [0.05, 0.1) is 16.4 Å². The average Bonchev–Trinajstić information content (AvgIpc) is 2.70. The number of aromatic carboxylic acids is 1. The minimum atomic E-state index is -1.02. The highest BCUT2D eigenvalue weighted by Crippen LogP contribution is 2.28. The first-order valence-electron chi connectivity index (χ1n) is 9.19. The van der Waals surface area contributed by atoms with Crippen LogP contribution in [0.3, 0.4) is 0 Å². The van der Waals surface area contributed by atoms with Gasteiger partial charge in [0.15, 0.2) is 0 Å². The number of carbonyl (C=O) groups is 2. The van der Waals surface area contributed by atoms with Crippen LogP contribution in [0.4, 0.5) is 5.69 Å². The van der Waals surface area contributed by atoms with Gasteiger partial charge < -0.3 is 10.4 Å².